The molecular weight excluding hydrogens is 210 g/mol. The van der Waals surface area contributed by atoms with Gasteiger partial charge in [0.25, 0.3) is 0 Å². The summed E-state index contributed by atoms with van der Waals surface area (Å²) in [5, 5.41) is 3.51. The number of rotatable bonds is 5. The first-order valence-corrected chi connectivity index (χ1v) is 7.33. The molecule has 0 aromatic carbocycles. The minimum Gasteiger partial charge on any atom is -0.317 e. The number of hydrogen-bond acceptors (Lipinski definition) is 3. The van der Waals surface area contributed by atoms with Crippen LogP contribution in [0.5, 0.6) is 0 Å². The highest BCUT2D eigenvalue weighted by atomic mass is 15.2. The van der Waals surface area contributed by atoms with E-state index in [2.05, 4.69) is 36.1 Å². The van der Waals surface area contributed by atoms with Crippen molar-refractivity contribution in [2.24, 2.45) is 5.92 Å². The van der Waals surface area contributed by atoms with Gasteiger partial charge in [-0.25, -0.2) is 0 Å². The molecule has 1 aliphatic heterocycles. The fraction of sp³-hybridized carbons (Fsp3) is 1.00. The van der Waals surface area contributed by atoms with Crippen molar-refractivity contribution < 1.29 is 0 Å². The summed E-state index contributed by atoms with van der Waals surface area (Å²) in [6.07, 6.45) is 5.56. The van der Waals surface area contributed by atoms with Gasteiger partial charge in [-0.3, -0.25) is 0 Å². The summed E-state index contributed by atoms with van der Waals surface area (Å²) in [5.74, 6) is 0.902. The van der Waals surface area contributed by atoms with E-state index in [4.69, 9.17) is 0 Å². The first-order chi connectivity index (χ1) is 8.22. The fourth-order valence-electron chi connectivity index (χ4n) is 3.33. The standard InChI is InChI=1S/C14H29N3/c1-4-15-11-12-5-6-14(12)17(3)13-7-9-16(2)10-8-13/h12-15H,4-11H2,1-3H3. The molecule has 3 nitrogen and oxygen atoms in total. The lowest BCUT2D eigenvalue weighted by molar-refractivity contribution is 0.0267. The normalized spacial score (nSPS) is 31.8. The Balaban J connectivity index is 1.77. The quantitative estimate of drug-likeness (QED) is 0.782. The van der Waals surface area contributed by atoms with Gasteiger partial charge in [-0.2, -0.15) is 0 Å². The molecule has 2 aliphatic rings. The third-order valence-electron chi connectivity index (χ3n) is 4.82. The molecule has 2 rings (SSSR count). The third-order valence-corrected chi connectivity index (χ3v) is 4.82. The summed E-state index contributed by atoms with van der Waals surface area (Å²) >= 11 is 0. The predicted octanol–water partition coefficient (Wildman–Crippen LogP) is 1.40. The minimum atomic E-state index is 0.834. The van der Waals surface area contributed by atoms with Crippen molar-refractivity contribution in [1.29, 1.82) is 0 Å². The Morgan fingerprint density at radius 2 is 1.88 bits per heavy atom. The Labute approximate surface area is 107 Å². The second kappa shape index (κ2) is 6.17. The van der Waals surface area contributed by atoms with E-state index < -0.39 is 0 Å². The molecule has 100 valence electrons. The van der Waals surface area contributed by atoms with Gasteiger partial charge in [0, 0.05) is 12.1 Å². The highest BCUT2D eigenvalue weighted by Gasteiger charge is 2.36. The van der Waals surface area contributed by atoms with Crippen LogP contribution in [0, 0.1) is 5.92 Å². The summed E-state index contributed by atoms with van der Waals surface area (Å²) in [5.41, 5.74) is 0. The van der Waals surface area contributed by atoms with Gasteiger partial charge in [0.2, 0.25) is 0 Å². The number of piperidine rings is 1. The summed E-state index contributed by atoms with van der Waals surface area (Å²) in [7, 11) is 4.60. The van der Waals surface area contributed by atoms with Crippen LogP contribution in [0.2, 0.25) is 0 Å². The first kappa shape index (κ1) is 13.3. The maximum absolute atomic E-state index is 3.51. The van der Waals surface area contributed by atoms with Crippen molar-refractivity contribution in [2.45, 2.75) is 44.7 Å². The number of nitrogens with one attached hydrogen (secondary N) is 1. The Hall–Kier alpha value is -0.120. The molecule has 2 fully saturated rings. The molecule has 2 unspecified atom stereocenters. The summed E-state index contributed by atoms with van der Waals surface area (Å²) < 4.78 is 0. The molecule has 0 aromatic heterocycles. The highest BCUT2D eigenvalue weighted by Crippen LogP contribution is 2.33. The van der Waals surface area contributed by atoms with Crippen molar-refractivity contribution in [3.05, 3.63) is 0 Å². The molecule has 1 aliphatic carbocycles. The lowest BCUT2D eigenvalue weighted by Gasteiger charge is -2.48. The Bertz CT molecular complexity index is 224. The number of hydrogen-bond donors (Lipinski definition) is 1. The van der Waals surface area contributed by atoms with Crippen LogP contribution in [0.1, 0.15) is 32.6 Å². The molecule has 1 N–H and O–H groups in total. The Kier molecular flexibility index (Phi) is 4.83. The lowest BCUT2D eigenvalue weighted by atomic mass is 9.77. The first-order valence-electron chi connectivity index (χ1n) is 7.33. The second-order valence-electron chi connectivity index (χ2n) is 5.91. The maximum atomic E-state index is 3.51. The monoisotopic (exact) mass is 239 g/mol. The number of likely N-dealkylation sites (tertiary alicyclic amines) is 1. The van der Waals surface area contributed by atoms with Gasteiger partial charge in [-0.1, -0.05) is 6.92 Å². The van der Waals surface area contributed by atoms with Crippen molar-refractivity contribution >= 4 is 0 Å². The molecule has 0 spiro atoms. The van der Waals surface area contributed by atoms with Crippen LogP contribution >= 0.6 is 0 Å². The molecular formula is C14H29N3. The third kappa shape index (κ3) is 3.21. The molecule has 17 heavy (non-hydrogen) atoms. The number of nitrogens with zero attached hydrogens (tertiary/aromatic N) is 2. The molecule has 2 atom stereocenters. The second-order valence-corrected chi connectivity index (χ2v) is 5.91. The minimum absolute atomic E-state index is 0.834. The Morgan fingerprint density at radius 3 is 2.41 bits per heavy atom. The van der Waals surface area contributed by atoms with Crippen LogP contribution in [-0.2, 0) is 0 Å². The Morgan fingerprint density at radius 1 is 1.18 bits per heavy atom. The summed E-state index contributed by atoms with van der Waals surface area (Å²) in [6, 6.07) is 1.68. The SMILES string of the molecule is CCNCC1CCC1N(C)C1CCN(C)CC1. The summed E-state index contributed by atoms with van der Waals surface area (Å²) in [4.78, 5) is 5.15. The largest absolute Gasteiger partial charge is 0.317 e. The highest BCUT2D eigenvalue weighted by molar-refractivity contribution is 4.92. The predicted molar refractivity (Wildman–Crippen MR) is 73.3 cm³/mol. The zero-order valence-electron chi connectivity index (χ0n) is 11.8. The molecule has 0 aromatic rings. The average molecular weight is 239 g/mol. The van der Waals surface area contributed by atoms with Gasteiger partial charge >= 0.3 is 0 Å². The van der Waals surface area contributed by atoms with E-state index in [0.717, 1.165) is 24.5 Å². The van der Waals surface area contributed by atoms with E-state index >= 15 is 0 Å². The summed E-state index contributed by atoms with van der Waals surface area (Å²) in [6.45, 7) is 7.09. The van der Waals surface area contributed by atoms with E-state index in [0.29, 0.717) is 0 Å². The maximum Gasteiger partial charge on any atom is 0.0136 e. The van der Waals surface area contributed by atoms with Crippen LogP contribution < -0.4 is 5.32 Å². The van der Waals surface area contributed by atoms with Crippen molar-refractivity contribution in [3.8, 4) is 0 Å². The van der Waals surface area contributed by atoms with Gasteiger partial charge in [0.1, 0.15) is 0 Å². The molecule has 3 heteroatoms. The van der Waals surface area contributed by atoms with Crippen LogP contribution in [0.3, 0.4) is 0 Å². The van der Waals surface area contributed by atoms with Crippen molar-refractivity contribution in [1.82, 2.24) is 15.1 Å². The van der Waals surface area contributed by atoms with E-state index in [1.54, 1.807) is 0 Å². The zero-order chi connectivity index (χ0) is 12.3. The van der Waals surface area contributed by atoms with E-state index in [9.17, 15) is 0 Å². The van der Waals surface area contributed by atoms with Gasteiger partial charge in [0.05, 0.1) is 0 Å². The average Bonchev–Trinajstić information content (AvgIpc) is 2.29. The zero-order valence-corrected chi connectivity index (χ0v) is 11.8. The smallest absolute Gasteiger partial charge is 0.0136 e. The van der Waals surface area contributed by atoms with E-state index in [1.807, 2.05) is 0 Å². The molecule has 0 amide bonds. The van der Waals surface area contributed by atoms with Crippen LogP contribution in [0.15, 0.2) is 0 Å². The van der Waals surface area contributed by atoms with Gasteiger partial charge in [0.15, 0.2) is 0 Å². The van der Waals surface area contributed by atoms with Crippen molar-refractivity contribution in [2.75, 3.05) is 40.3 Å². The van der Waals surface area contributed by atoms with Crippen LogP contribution in [0.4, 0.5) is 0 Å². The van der Waals surface area contributed by atoms with Gasteiger partial charge in [-0.05, 0) is 71.9 Å². The van der Waals surface area contributed by atoms with Gasteiger partial charge < -0.3 is 15.1 Å². The van der Waals surface area contributed by atoms with Crippen LogP contribution in [0.25, 0.3) is 0 Å². The molecule has 1 saturated heterocycles. The lowest BCUT2D eigenvalue weighted by Crippen LogP contribution is -2.54. The fourth-order valence-corrected chi connectivity index (χ4v) is 3.33. The topological polar surface area (TPSA) is 18.5 Å². The molecule has 1 saturated carbocycles. The van der Waals surface area contributed by atoms with Gasteiger partial charge in [-0.15, -0.1) is 0 Å². The van der Waals surface area contributed by atoms with Crippen molar-refractivity contribution in [3.63, 3.8) is 0 Å². The van der Waals surface area contributed by atoms with E-state index in [1.165, 1.54) is 45.3 Å². The molecule has 1 heterocycles. The molecule has 0 bridgehead atoms. The van der Waals surface area contributed by atoms with Crippen LogP contribution in [-0.4, -0.2) is 62.2 Å². The molecule has 0 radical (unpaired) electrons. The van der Waals surface area contributed by atoms with E-state index in [-0.39, 0.29) is 0 Å².